The molecule has 4 rings (SSSR count). The van der Waals surface area contributed by atoms with Crippen molar-refractivity contribution in [2.45, 2.75) is 6.92 Å². The van der Waals surface area contributed by atoms with Gasteiger partial charge in [0.15, 0.2) is 0 Å². The maximum Gasteiger partial charge on any atom is 0.255 e. The second-order valence-electron chi connectivity index (χ2n) is 9.96. The predicted molar refractivity (Wildman–Crippen MR) is 156 cm³/mol. The highest BCUT2D eigenvalue weighted by Gasteiger charge is 2.19. The van der Waals surface area contributed by atoms with E-state index < -0.39 is 0 Å². The fraction of sp³-hybridized carbons (Fsp3) is 0.355. The summed E-state index contributed by atoms with van der Waals surface area (Å²) in [4.78, 5) is 32.0. The number of hydrogen-bond acceptors (Lipinski definition) is 6. The van der Waals surface area contributed by atoms with E-state index >= 15 is 0 Å². The number of piperazine rings is 1. The first-order valence-electron chi connectivity index (χ1n) is 13.2. The zero-order valence-corrected chi connectivity index (χ0v) is 23.5. The molecule has 3 aromatic rings. The number of carbonyl (C=O) groups is 2. The maximum absolute atomic E-state index is 13.1. The van der Waals surface area contributed by atoms with Gasteiger partial charge in [-0.05, 0) is 73.1 Å². The van der Waals surface area contributed by atoms with Crippen molar-refractivity contribution < 1.29 is 19.1 Å². The van der Waals surface area contributed by atoms with Gasteiger partial charge in [-0.2, -0.15) is 0 Å². The number of nitrogens with zero attached hydrogens (tertiary/aromatic N) is 3. The number of rotatable bonds is 9. The number of methoxy groups -OCH3 is 2. The van der Waals surface area contributed by atoms with Crippen LogP contribution in [0.3, 0.4) is 0 Å². The average molecular weight is 531 g/mol. The first-order chi connectivity index (χ1) is 18.8. The smallest absolute Gasteiger partial charge is 0.255 e. The lowest BCUT2D eigenvalue weighted by Gasteiger charge is -2.34. The fourth-order valence-corrected chi connectivity index (χ4v) is 4.74. The Balaban J connectivity index is 1.45. The van der Waals surface area contributed by atoms with Crippen LogP contribution in [-0.2, 0) is 4.74 Å². The van der Waals surface area contributed by atoms with Crippen LogP contribution in [0.4, 0.5) is 11.4 Å². The van der Waals surface area contributed by atoms with Crippen molar-refractivity contribution in [2.24, 2.45) is 0 Å². The topological polar surface area (TPSA) is 74.3 Å². The molecule has 0 unspecified atom stereocenters. The number of likely N-dealkylation sites (N-methyl/N-ethyl adjacent to an activating group) is 2. The first-order valence-corrected chi connectivity index (χ1v) is 13.2. The molecule has 3 aromatic carbocycles. The Morgan fingerprint density at radius 2 is 1.62 bits per heavy atom. The predicted octanol–water partition coefficient (Wildman–Crippen LogP) is 4.39. The molecule has 1 aliphatic heterocycles. The van der Waals surface area contributed by atoms with Gasteiger partial charge in [0, 0.05) is 63.7 Å². The minimum absolute atomic E-state index is 0.0389. The number of aryl methyl sites for hydroxylation is 1. The van der Waals surface area contributed by atoms with Gasteiger partial charge in [-0.3, -0.25) is 9.59 Å². The lowest BCUT2D eigenvalue weighted by atomic mass is 9.97. The first kappa shape index (κ1) is 28.1. The van der Waals surface area contributed by atoms with Crippen LogP contribution < -0.4 is 15.0 Å². The van der Waals surface area contributed by atoms with Crippen molar-refractivity contribution in [3.63, 3.8) is 0 Å². The van der Waals surface area contributed by atoms with Crippen molar-refractivity contribution in [3.05, 3.63) is 77.4 Å². The van der Waals surface area contributed by atoms with Crippen LogP contribution in [0.15, 0.2) is 60.7 Å². The van der Waals surface area contributed by atoms with E-state index in [1.807, 2.05) is 67.6 Å². The summed E-state index contributed by atoms with van der Waals surface area (Å²) in [6.07, 6.45) is 0. The van der Waals surface area contributed by atoms with Crippen LogP contribution in [0.2, 0.25) is 0 Å². The van der Waals surface area contributed by atoms with Gasteiger partial charge >= 0.3 is 0 Å². The van der Waals surface area contributed by atoms with Crippen molar-refractivity contribution in [1.82, 2.24) is 9.80 Å². The van der Waals surface area contributed by atoms with Crippen molar-refractivity contribution in [2.75, 3.05) is 77.9 Å². The maximum atomic E-state index is 13.1. The summed E-state index contributed by atoms with van der Waals surface area (Å²) >= 11 is 0. The van der Waals surface area contributed by atoms with Gasteiger partial charge in [0.2, 0.25) is 0 Å². The Bertz CT molecular complexity index is 1300. The minimum Gasteiger partial charge on any atom is -0.495 e. The Morgan fingerprint density at radius 1 is 0.923 bits per heavy atom. The molecule has 2 amide bonds. The SMILES string of the molecule is COCCN(C)C(=O)c1ccc(-c2ccc(C(=O)Nc3ccc(OC)c(N4CCN(C)CC4)c3)cc2)c(C)c1. The minimum atomic E-state index is -0.173. The number of nitrogens with one attached hydrogen (secondary N) is 1. The molecule has 0 bridgehead atoms. The molecule has 8 heteroatoms. The summed E-state index contributed by atoms with van der Waals surface area (Å²) in [5.74, 6) is 0.586. The summed E-state index contributed by atoms with van der Waals surface area (Å²) in [5.41, 5.74) is 5.92. The molecule has 1 heterocycles. The van der Waals surface area contributed by atoms with Gasteiger partial charge in [0.25, 0.3) is 11.8 Å². The van der Waals surface area contributed by atoms with Gasteiger partial charge in [0.1, 0.15) is 5.75 Å². The largest absolute Gasteiger partial charge is 0.495 e. The number of carbonyl (C=O) groups excluding carboxylic acids is 2. The summed E-state index contributed by atoms with van der Waals surface area (Å²) in [6, 6.07) is 19.0. The molecule has 8 nitrogen and oxygen atoms in total. The molecule has 206 valence electrons. The lowest BCUT2D eigenvalue weighted by molar-refractivity contribution is 0.0744. The second kappa shape index (κ2) is 12.8. The summed E-state index contributed by atoms with van der Waals surface area (Å²) in [7, 11) is 7.19. The van der Waals surface area contributed by atoms with E-state index in [-0.39, 0.29) is 11.8 Å². The van der Waals surface area contributed by atoms with Crippen LogP contribution in [0.5, 0.6) is 5.75 Å². The molecule has 0 radical (unpaired) electrons. The standard InChI is InChI=1S/C31H38N4O4/c1-22-20-25(31(37)34(3)18-19-38-4)10-12-27(22)23-6-8-24(9-7-23)30(36)32-26-11-13-29(39-5)28(21-26)35-16-14-33(2)15-17-35/h6-13,20-21H,14-19H2,1-5H3,(H,32,36). The summed E-state index contributed by atoms with van der Waals surface area (Å²) < 4.78 is 10.7. The highest BCUT2D eigenvalue weighted by molar-refractivity contribution is 6.05. The van der Waals surface area contributed by atoms with Crippen molar-refractivity contribution >= 4 is 23.2 Å². The van der Waals surface area contributed by atoms with Crippen molar-refractivity contribution in [1.29, 1.82) is 0 Å². The third-order valence-corrected chi connectivity index (χ3v) is 7.19. The number of hydrogen-bond donors (Lipinski definition) is 1. The van der Waals surface area contributed by atoms with Gasteiger partial charge < -0.3 is 29.5 Å². The van der Waals surface area contributed by atoms with Gasteiger partial charge in [0.05, 0.1) is 19.4 Å². The van der Waals surface area contributed by atoms with E-state index in [1.54, 1.807) is 26.2 Å². The second-order valence-corrected chi connectivity index (χ2v) is 9.96. The Kier molecular flexibility index (Phi) is 9.22. The molecule has 0 aromatic heterocycles. The molecular weight excluding hydrogens is 492 g/mol. The molecule has 1 N–H and O–H groups in total. The van der Waals surface area contributed by atoms with Gasteiger partial charge in [-0.15, -0.1) is 0 Å². The van der Waals surface area contributed by atoms with E-state index in [1.165, 1.54) is 0 Å². The molecule has 1 aliphatic rings. The quantitative estimate of drug-likeness (QED) is 0.442. The molecule has 0 saturated carbocycles. The molecule has 0 spiro atoms. The zero-order chi connectivity index (χ0) is 27.9. The van der Waals surface area contributed by atoms with Crippen molar-refractivity contribution in [3.8, 4) is 16.9 Å². The Hall–Kier alpha value is -3.88. The lowest BCUT2D eigenvalue weighted by Crippen LogP contribution is -2.44. The molecular formula is C31H38N4O4. The van der Waals surface area contributed by atoms with Crippen LogP contribution in [-0.4, -0.2) is 89.3 Å². The van der Waals surface area contributed by atoms with E-state index in [2.05, 4.69) is 22.2 Å². The molecule has 0 aliphatic carbocycles. The normalized spacial score (nSPS) is 13.7. The van der Waals surface area contributed by atoms with Gasteiger partial charge in [-0.1, -0.05) is 18.2 Å². The third-order valence-electron chi connectivity index (χ3n) is 7.19. The van der Waals surface area contributed by atoms with E-state index in [0.29, 0.717) is 24.3 Å². The number of amides is 2. The third kappa shape index (κ3) is 6.77. The van der Waals surface area contributed by atoms with Crippen LogP contribution >= 0.6 is 0 Å². The number of anilines is 2. The van der Waals surface area contributed by atoms with Crippen LogP contribution in [0.25, 0.3) is 11.1 Å². The van der Waals surface area contributed by atoms with E-state index in [9.17, 15) is 9.59 Å². The molecule has 1 fully saturated rings. The molecule has 1 saturated heterocycles. The van der Waals surface area contributed by atoms with Crippen LogP contribution in [0, 0.1) is 6.92 Å². The fourth-order valence-electron chi connectivity index (χ4n) is 4.74. The zero-order valence-electron chi connectivity index (χ0n) is 23.5. The van der Waals surface area contributed by atoms with Crippen LogP contribution in [0.1, 0.15) is 26.3 Å². The number of ether oxygens (including phenoxy) is 2. The monoisotopic (exact) mass is 530 g/mol. The summed E-state index contributed by atoms with van der Waals surface area (Å²) in [6.45, 7) is 6.80. The van der Waals surface area contributed by atoms with E-state index in [4.69, 9.17) is 9.47 Å². The number of benzene rings is 3. The average Bonchev–Trinajstić information content (AvgIpc) is 2.96. The molecule has 39 heavy (non-hydrogen) atoms. The van der Waals surface area contributed by atoms with Gasteiger partial charge in [-0.25, -0.2) is 0 Å². The highest BCUT2D eigenvalue weighted by atomic mass is 16.5. The highest BCUT2D eigenvalue weighted by Crippen LogP contribution is 2.32. The Morgan fingerprint density at radius 3 is 2.26 bits per heavy atom. The Labute approximate surface area is 231 Å². The molecule has 0 atom stereocenters. The summed E-state index contributed by atoms with van der Waals surface area (Å²) in [5, 5.41) is 3.03. The van der Waals surface area contributed by atoms with E-state index in [0.717, 1.165) is 60.0 Å².